The van der Waals surface area contributed by atoms with Crippen molar-refractivity contribution in [2.75, 3.05) is 6.54 Å². The molecule has 0 aliphatic rings. The molecule has 0 amide bonds. The molecule has 141 valence electrons. The minimum Gasteiger partial charge on any atom is -0.330 e. The average molecular weight is 333 g/mol. The summed E-state index contributed by atoms with van der Waals surface area (Å²) in [5, 5.41) is 0. The molecule has 0 saturated carbocycles. The van der Waals surface area contributed by atoms with Crippen LogP contribution in [0.25, 0.3) is 0 Å². The molecule has 1 radical (unpaired) electrons. The Bertz CT molecular complexity index is 208. The Morgan fingerprint density at radius 3 is 1.21 bits per heavy atom. The number of hydrogen-bond donors (Lipinski definition) is 1. The predicted octanol–water partition coefficient (Wildman–Crippen LogP) is 7.24. The molecular weight excluding hydrogens is 285 g/mol. The molecule has 1 nitrogen and oxygen atoms in total. The van der Waals surface area contributed by atoms with Gasteiger partial charge in [-0.05, 0) is 44.1 Å². The van der Waals surface area contributed by atoms with Crippen LogP contribution in [0.5, 0.6) is 0 Å². The number of rotatable bonds is 18. The van der Waals surface area contributed by atoms with Crippen LogP contribution in [0.2, 0.25) is 0 Å². The Morgan fingerprint density at radius 2 is 0.833 bits per heavy atom. The monoisotopic (exact) mass is 332 g/mol. The van der Waals surface area contributed by atoms with E-state index in [4.69, 9.17) is 5.73 Å². The average Bonchev–Trinajstić information content (AvgIpc) is 2.58. The van der Waals surface area contributed by atoms with Gasteiger partial charge in [0.2, 0.25) is 0 Å². The second kappa shape index (κ2) is 19.9. The fourth-order valence-electron chi connectivity index (χ4n) is 3.93. The van der Waals surface area contributed by atoms with E-state index in [-0.39, 0.29) is 18.9 Å². The fraction of sp³-hybridized carbons (Fsp3) is 1.00. The van der Waals surface area contributed by atoms with Crippen LogP contribution in [0.3, 0.4) is 0 Å². The van der Waals surface area contributed by atoms with Gasteiger partial charge >= 0.3 is 0 Å². The third-order valence-corrected chi connectivity index (χ3v) is 5.59. The Kier molecular flexibility index (Phi) is 22.2. The second-order valence-corrected chi connectivity index (χ2v) is 7.82. The summed E-state index contributed by atoms with van der Waals surface area (Å²) in [6.07, 6.45) is 24.1. The summed E-state index contributed by atoms with van der Waals surface area (Å²) in [5.41, 5.74) is 6.24. The van der Waals surface area contributed by atoms with Crippen molar-refractivity contribution in [1.82, 2.24) is 0 Å². The smallest absolute Gasteiger partial charge is 0 e. The van der Waals surface area contributed by atoms with E-state index in [9.17, 15) is 0 Å². The number of nitrogens with two attached hydrogens (primary N) is 1. The summed E-state index contributed by atoms with van der Waals surface area (Å²) < 4.78 is 0. The van der Waals surface area contributed by atoms with Gasteiger partial charge in [-0.3, -0.25) is 0 Å². The van der Waals surface area contributed by atoms with Crippen LogP contribution in [-0.2, 0) is 0 Å². The molecule has 0 spiro atoms. The van der Waals surface area contributed by atoms with Gasteiger partial charge in [0, 0.05) is 18.9 Å². The molecule has 0 aliphatic heterocycles. The van der Waals surface area contributed by atoms with Gasteiger partial charge in [0.25, 0.3) is 0 Å². The zero-order valence-corrected chi connectivity index (χ0v) is 17.8. The summed E-state index contributed by atoms with van der Waals surface area (Å²) in [6, 6.07) is 0. The molecule has 0 aliphatic carbocycles. The molecule has 0 heterocycles. The van der Waals surface area contributed by atoms with Crippen molar-refractivity contribution in [3.8, 4) is 0 Å². The Hall–Kier alpha value is 0.557. The third-order valence-electron chi connectivity index (χ3n) is 5.59. The van der Waals surface area contributed by atoms with E-state index in [2.05, 4.69) is 20.8 Å². The molecule has 0 aromatic carbocycles. The minimum atomic E-state index is 0. The summed E-state index contributed by atoms with van der Waals surface area (Å²) in [7, 11) is 0. The largest absolute Gasteiger partial charge is 0.330 e. The molecule has 0 unspecified atom stereocenters. The third kappa shape index (κ3) is 14.9. The van der Waals surface area contributed by atoms with Gasteiger partial charge in [0.1, 0.15) is 0 Å². The van der Waals surface area contributed by atoms with E-state index in [0.29, 0.717) is 5.41 Å². The topological polar surface area (TPSA) is 26.0 Å². The Labute approximate surface area is 166 Å². The van der Waals surface area contributed by atoms with Crippen molar-refractivity contribution in [1.29, 1.82) is 0 Å². The van der Waals surface area contributed by atoms with Crippen LogP contribution in [0.15, 0.2) is 0 Å². The zero-order valence-electron chi connectivity index (χ0n) is 17.8. The predicted molar refractivity (Wildman–Crippen MR) is 113 cm³/mol. The first kappa shape index (κ1) is 26.8. The van der Waals surface area contributed by atoms with Gasteiger partial charge in [0.05, 0.1) is 0 Å². The summed E-state index contributed by atoms with van der Waals surface area (Å²) >= 11 is 0. The zero-order chi connectivity index (χ0) is 17.2. The molecule has 24 heavy (non-hydrogen) atoms. The first-order chi connectivity index (χ1) is 11.2. The van der Waals surface area contributed by atoms with Gasteiger partial charge < -0.3 is 5.73 Å². The van der Waals surface area contributed by atoms with Gasteiger partial charge in [-0.25, -0.2) is 0 Å². The molecule has 0 atom stereocenters. The quantitative estimate of drug-likeness (QED) is 0.208. The van der Waals surface area contributed by atoms with Crippen LogP contribution in [0.4, 0.5) is 0 Å². The number of hydrogen-bond acceptors (Lipinski definition) is 1. The summed E-state index contributed by atoms with van der Waals surface area (Å²) in [5.74, 6) is 0. The summed E-state index contributed by atoms with van der Waals surface area (Å²) in [6.45, 7) is 7.93. The van der Waals surface area contributed by atoms with Gasteiger partial charge in [-0.1, -0.05) is 97.8 Å². The van der Waals surface area contributed by atoms with Crippen molar-refractivity contribution < 1.29 is 0 Å². The van der Waals surface area contributed by atoms with E-state index in [1.807, 2.05) is 0 Å². The normalized spacial score (nSPS) is 11.5. The maximum atomic E-state index is 5.56. The molecule has 0 saturated heterocycles. The Balaban J connectivity index is 0. The first-order valence-electron chi connectivity index (χ1n) is 10.9. The van der Waals surface area contributed by atoms with Crippen molar-refractivity contribution >= 4 is 18.9 Å². The Morgan fingerprint density at radius 1 is 0.500 bits per heavy atom. The van der Waals surface area contributed by atoms with Crippen molar-refractivity contribution in [3.63, 3.8) is 0 Å². The minimum absolute atomic E-state index is 0. The molecular formula is C22H47LiN. The van der Waals surface area contributed by atoms with Crippen LogP contribution in [0, 0.1) is 5.41 Å². The van der Waals surface area contributed by atoms with E-state index >= 15 is 0 Å². The first-order valence-corrected chi connectivity index (χ1v) is 10.9. The molecule has 0 aromatic heterocycles. The molecule has 0 bridgehead atoms. The van der Waals surface area contributed by atoms with Gasteiger partial charge in [0.15, 0.2) is 0 Å². The molecule has 0 rings (SSSR count). The van der Waals surface area contributed by atoms with Crippen LogP contribution < -0.4 is 5.73 Å². The molecule has 2 N–H and O–H groups in total. The molecule has 0 fully saturated rings. The van der Waals surface area contributed by atoms with Crippen LogP contribution in [0.1, 0.15) is 130 Å². The standard InChI is InChI=1S/C22H47N.Li/c1-4-7-17-22(18-8-5-2,19-9-6-3)20-15-13-11-10-12-14-16-21-23;/h4-21,23H2,1-3H3;. The maximum absolute atomic E-state index is 5.56. The van der Waals surface area contributed by atoms with Crippen molar-refractivity contribution in [2.45, 2.75) is 130 Å². The summed E-state index contributed by atoms with van der Waals surface area (Å²) in [4.78, 5) is 0. The van der Waals surface area contributed by atoms with E-state index < -0.39 is 0 Å². The van der Waals surface area contributed by atoms with E-state index in [0.717, 1.165) is 6.54 Å². The van der Waals surface area contributed by atoms with E-state index in [1.165, 1.54) is 109 Å². The van der Waals surface area contributed by atoms with Gasteiger partial charge in [-0.2, -0.15) is 0 Å². The van der Waals surface area contributed by atoms with Crippen LogP contribution in [-0.4, -0.2) is 25.4 Å². The maximum Gasteiger partial charge on any atom is 0 e. The van der Waals surface area contributed by atoms with Gasteiger partial charge in [-0.15, -0.1) is 0 Å². The molecule has 2 heteroatoms. The van der Waals surface area contributed by atoms with E-state index in [1.54, 1.807) is 0 Å². The van der Waals surface area contributed by atoms with Crippen molar-refractivity contribution in [2.24, 2.45) is 11.1 Å². The van der Waals surface area contributed by atoms with Crippen molar-refractivity contribution in [3.05, 3.63) is 0 Å². The molecule has 0 aromatic rings. The SMILES string of the molecule is CCCCC(CCCC)(CCCC)CCCCCCCCCN.[Li]. The fourth-order valence-corrected chi connectivity index (χ4v) is 3.93. The second-order valence-electron chi connectivity index (χ2n) is 7.82. The van der Waals surface area contributed by atoms with Crippen LogP contribution >= 0.6 is 0 Å². The number of unbranched alkanes of at least 4 members (excludes halogenated alkanes) is 9.